The standard InChI is InChI=1S/C11H15NO/c1-2-4-11-5-3-8(7-11)6-9(11)10(12)13/h2-3,5,8-9H,1,4,6-7H2,(H2,12,13). The molecule has 2 rings (SSSR count). The average molecular weight is 177 g/mol. The Hall–Kier alpha value is -1.05. The third kappa shape index (κ3) is 1.12. The van der Waals surface area contributed by atoms with Gasteiger partial charge in [-0.3, -0.25) is 4.79 Å². The Labute approximate surface area is 78.5 Å². The molecule has 3 unspecified atom stereocenters. The molecule has 0 radical (unpaired) electrons. The van der Waals surface area contributed by atoms with Crippen LogP contribution < -0.4 is 5.73 Å². The van der Waals surface area contributed by atoms with Crippen molar-refractivity contribution in [3.63, 3.8) is 0 Å². The van der Waals surface area contributed by atoms with Gasteiger partial charge in [0.15, 0.2) is 0 Å². The first-order valence-corrected chi connectivity index (χ1v) is 4.77. The summed E-state index contributed by atoms with van der Waals surface area (Å²) in [7, 11) is 0. The van der Waals surface area contributed by atoms with Crippen LogP contribution in [-0.2, 0) is 4.79 Å². The van der Waals surface area contributed by atoms with Crippen LogP contribution in [0.5, 0.6) is 0 Å². The molecule has 1 saturated carbocycles. The SMILES string of the molecule is C=CCC12C=CC(CC1C(N)=O)C2. The molecular weight excluding hydrogens is 162 g/mol. The maximum absolute atomic E-state index is 11.2. The van der Waals surface area contributed by atoms with Gasteiger partial charge in [-0.2, -0.15) is 0 Å². The van der Waals surface area contributed by atoms with Crippen LogP contribution >= 0.6 is 0 Å². The van der Waals surface area contributed by atoms with E-state index < -0.39 is 0 Å². The molecule has 2 heteroatoms. The maximum atomic E-state index is 11.2. The van der Waals surface area contributed by atoms with Crippen molar-refractivity contribution < 1.29 is 4.79 Å². The second-order valence-electron chi connectivity index (χ2n) is 4.24. The van der Waals surface area contributed by atoms with Crippen molar-refractivity contribution in [1.82, 2.24) is 0 Å². The van der Waals surface area contributed by atoms with Crippen molar-refractivity contribution in [1.29, 1.82) is 0 Å². The van der Waals surface area contributed by atoms with Gasteiger partial charge in [0, 0.05) is 11.3 Å². The van der Waals surface area contributed by atoms with Gasteiger partial charge in [0.2, 0.25) is 5.91 Å². The maximum Gasteiger partial charge on any atom is 0.221 e. The number of nitrogens with two attached hydrogens (primary N) is 1. The molecule has 2 bridgehead atoms. The molecule has 0 aliphatic heterocycles. The monoisotopic (exact) mass is 177 g/mol. The number of primary amides is 1. The van der Waals surface area contributed by atoms with Crippen LogP contribution in [0.2, 0.25) is 0 Å². The summed E-state index contributed by atoms with van der Waals surface area (Å²) in [6.45, 7) is 3.74. The van der Waals surface area contributed by atoms with Crippen molar-refractivity contribution in [3.05, 3.63) is 24.8 Å². The van der Waals surface area contributed by atoms with E-state index in [1.807, 2.05) is 6.08 Å². The molecule has 0 aromatic heterocycles. The first-order chi connectivity index (χ1) is 6.18. The van der Waals surface area contributed by atoms with Crippen LogP contribution in [0.1, 0.15) is 19.3 Å². The number of carbonyl (C=O) groups excluding carboxylic acids is 1. The number of carbonyl (C=O) groups is 1. The van der Waals surface area contributed by atoms with Gasteiger partial charge < -0.3 is 5.73 Å². The van der Waals surface area contributed by atoms with E-state index in [1.54, 1.807) is 0 Å². The Morgan fingerprint density at radius 3 is 3.08 bits per heavy atom. The van der Waals surface area contributed by atoms with Gasteiger partial charge in [-0.05, 0) is 25.2 Å². The zero-order chi connectivity index (χ0) is 9.47. The quantitative estimate of drug-likeness (QED) is 0.654. The van der Waals surface area contributed by atoms with Gasteiger partial charge in [0.1, 0.15) is 0 Å². The second-order valence-corrected chi connectivity index (χ2v) is 4.24. The molecule has 0 spiro atoms. The molecule has 13 heavy (non-hydrogen) atoms. The van der Waals surface area contributed by atoms with Crippen molar-refractivity contribution >= 4 is 5.91 Å². The molecule has 1 amide bonds. The highest BCUT2D eigenvalue weighted by Crippen LogP contribution is 2.55. The Balaban J connectivity index is 2.27. The van der Waals surface area contributed by atoms with E-state index in [4.69, 9.17) is 5.73 Å². The molecule has 0 saturated heterocycles. The molecule has 2 nitrogen and oxygen atoms in total. The van der Waals surface area contributed by atoms with Crippen LogP contribution in [0, 0.1) is 17.3 Å². The summed E-state index contributed by atoms with van der Waals surface area (Å²) >= 11 is 0. The van der Waals surface area contributed by atoms with Gasteiger partial charge in [0.25, 0.3) is 0 Å². The lowest BCUT2D eigenvalue weighted by molar-refractivity contribution is -0.124. The zero-order valence-electron chi connectivity index (χ0n) is 7.70. The molecule has 1 fully saturated rings. The van der Waals surface area contributed by atoms with Crippen LogP contribution in [0.3, 0.4) is 0 Å². The number of amides is 1. The molecule has 0 aromatic rings. The molecule has 0 aromatic carbocycles. The number of hydrogen-bond donors (Lipinski definition) is 1. The largest absolute Gasteiger partial charge is 0.369 e. The zero-order valence-corrected chi connectivity index (χ0v) is 7.70. The van der Waals surface area contributed by atoms with Gasteiger partial charge >= 0.3 is 0 Å². The van der Waals surface area contributed by atoms with Crippen molar-refractivity contribution in [3.8, 4) is 0 Å². The second kappa shape index (κ2) is 2.72. The Bertz CT molecular complexity index is 282. The first-order valence-electron chi connectivity index (χ1n) is 4.77. The first kappa shape index (κ1) is 8.54. The van der Waals surface area contributed by atoms with Gasteiger partial charge in [-0.15, -0.1) is 6.58 Å². The Morgan fingerprint density at radius 2 is 2.54 bits per heavy atom. The highest BCUT2D eigenvalue weighted by Gasteiger charge is 2.50. The van der Waals surface area contributed by atoms with Crippen molar-refractivity contribution in [2.75, 3.05) is 0 Å². The summed E-state index contributed by atoms with van der Waals surface area (Å²) in [6.07, 6.45) is 9.22. The lowest BCUT2D eigenvalue weighted by Crippen LogP contribution is -2.34. The van der Waals surface area contributed by atoms with Crippen LogP contribution in [-0.4, -0.2) is 5.91 Å². The number of allylic oxidation sites excluding steroid dienone is 3. The Morgan fingerprint density at radius 1 is 1.77 bits per heavy atom. The normalized spacial score (nSPS) is 40.9. The van der Waals surface area contributed by atoms with Gasteiger partial charge in [-0.1, -0.05) is 18.2 Å². The average Bonchev–Trinajstić information content (AvgIpc) is 2.60. The van der Waals surface area contributed by atoms with E-state index in [9.17, 15) is 4.79 Å². The summed E-state index contributed by atoms with van der Waals surface area (Å²) in [4.78, 5) is 11.2. The topological polar surface area (TPSA) is 43.1 Å². The molecule has 2 aliphatic rings. The number of hydrogen-bond acceptors (Lipinski definition) is 1. The van der Waals surface area contributed by atoms with E-state index >= 15 is 0 Å². The fraction of sp³-hybridized carbons (Fsp3) is 0.545. The van der Waals surface area contributed by atoms with Crippen LogP contribution in [0.4, 0.5) is 0 Å². The molecular formula is C11H15NO. The number of rotatable bonds is 3. The van der Waals surface area contributed by atoms with Gasteiger partial charge in [0.05, 0.1) is 0 Å². The fourth-order valence-electron chi connectivity index (χ4n) is 2.87. The predicted octanol–water partition coefficient (Wildman–Crippen LogP) is 1.63. The smallest absolute Gasteiger partial charge is 0.221 e. The minimum absolute atomic E-state index is 0.0260. The minimum Gasteiger partial charge on any atom is -0.369 e. The summed E-state index contributed by atoms with van der Waals surface area (Å²) in [6, 6.07) is 0. The van der Waals surface area contributed by atoms with Crippen LogP contribution in [0.15, 0.2) is 24.8 Å². The molecule has 2 aliphatic carbocycles. The highest BCUT2D eigenvalue weighted by atomic mass is 16.1. The number of fused-ring (bicyclic) bond motifs is 2. The lowest BCUT2D eigenvalue weighted by Gasteiger charge is -2.28. The van der Waals surface area contributed by atoms with Crippen molar-refractivity contribution in [2.45, 2.75) is 19.3 Å². The summed E-state index contributed by atoms with van der Waals surface area (Å²) in [5.41, 5.74) is 5.42. The minimum atomic E-state index is -0.145. The highest BCUT2D eigenvalue weighted by molar-refractivity contribution is 5.79. The van der Waals surface area contributed by atoms with E-state index in [2.05, 4.69) is 18.7 Å². The molecule has 0 heterocycles. The van der Waals surface area contributed by atoms with E-state index in [-0.39, 0.29) is 17.2 Å². The van der Waals surface area contributed by atoms with E-state index in [1.165, 1.54) is 0 Å². The predicted molar refractivity (Wildman–Crippen MR) is 51.8 cm³/mol. The Kier molecular flexibility index (Phi) is 1.79. The van der Waals surface area contributed by atoms with E-state index in [0.29, 0.717) is 5.92 Å². The van der Waals surface area contributed by atoms with Crippen molar-refractivity contribution in [2.24, 2.45) is 23.0 Å². The lowest BCUT2D eigenvalue weighted by atomic mass is 9.75. The summed E-state index contributed by atoms with van der Waals surface area (Å²) in [5.74, 6) is 0.478. The third-order valence-corrected chi connectivity index (χ3v) is 3.44. The molecule has 3 atom stereocenters. The summed E-state index contributed by atoms with van der Waals surface area (Å²) < 4.78 is 0. The molecule has 70 valence electrons. The third-order valence-electron chi connectivity index (χ3n) is 3.44. The van der Waals surface area contributed by atoms with Crippen LogP contribution in [0.25, 0.3) is 0 Å². The molecule has 2 N–H and O–H groups in total. The summed E-state index contributed by atoms with van der Waals surface area (Å²) in [5, 5.41) is 0. The van der Waals surface area contributed by atoms with E-state index in [0.717, 1.165) is 19.3 Å². The van der Waals surface area contributed by atoms with Gasteiger partial charge in [-0.25, -0.2) is 0 Å². The fourth-order valence-corrected chi connectivity index (χ4v) is 2.87.